The molecule has 0 spiro atoms. The van der Waals surface area contributed by atoms with E-state index in [9.17, 15) is 9.18 Å². The quantitative estimate of drug-likeness (QED) is 0.431. The van der Waals surface area contributed by atoms with Gasteiger partial charge in [0, 0.05) is 35.5 Å². The molecule has 0 saturated heterocycles. The summed E-state index contributed by atoms with van der Waals surface area (Å²) < 4.78 is 20.4. The number of anilines is 2. The zero-order chi connectivity index (χ0) is 23.7. The molecule has 1 aliphatic rings. The fourth-order valence-corrected chi connectivity index (χ4v) is 4.40. The Morgan fingerprint density at radius 2 is 1.97 bits per heavy atom. The Morgan fingerprint density at radius 3 is 2.71 bits per heavy atom. The van der Waals surface area contributed by atoms with E-state index >= 15 is 0 Å². The lowest BCUT2D eigenvalue weighted by Crippen LogP contribution is -2.28. The van der Waals surface area contributed by atoms with Crippen molar-refractivity contribution in [1.29, 1.82) is 0 Å². The molecule has 1 aromatic carbocycles. The maximum atomic E-state index is 13.2. The van der Waals surface area contributed by atoms with Gasteiger partial charge in [-0.3, -0.25) is 4.79 Å². The van der Waals surface area contributed by atoms with Gasteiger partial charge in [0.25, 0.3) is 0 Å². The lowest BCUT2D eigenvalue weighted by atomic mass is 9.85. The molecular weight excluding hydrogens is 437 g/mol. The lowest BCUT2D eigenvalue weighted by molar-refractivity contribution is -0.120. The Morgan fingerprint density at radius 1 is 1.15 bits per heavy atom. The highest BCUT2D eigenvalue weighted by atomic mass is 19.1. The minimum absolute atomic E-state index is 0.0138. The van der Waals surface area contributed by atoms with Crippen LogP contribution in [0.4, 0.5) is 15.9 Å². The number of hydrogen-bond acceptors (Lipinski definition) is 7. The number of carbonyl (C=O) groups excluding carboxylic acids is 1. The maximum absolute atomic E-state index is 13.2. The van der Waals surface area contributed by atoms with Crippen molar-refractivity contribution in [2.24, 2.45) is 5.92 Å². The van der Waals surface area contributed by atoms with Gasteiger partial charge in [0.15, 0.2) is 17.3 Å². The molecule has 3 aromatic heterocycles. The number of nitrogen functional groups attached to an aromatic ring is 1. The zero-order valence-electron chi connectivity index (χ0n) is 18.6. The second-order valence-corrected chi connectivity index (χ2v) is 8.35. The molecular formula is C24H24FN7O2. The number of pyridine rings is 1. The highest BCUT2D eigenvalue weighted by Gasteiger charge is 2.28. The van der Waals surface area contributed by atoms with Gasteiger partial charge < -0.3 is 20.4 Å². The first-order valence-electron chi connectivity index (χ1n) is 11.1. The van der Waals surface area contributed by atoms with Crippen LogP contribution in [0.5, 0.6) is 5.75 Å². The zero-order valence-corrected chi connectivity index (χ0v) is 18.6. The highest BCUT2D eigenvalue weighted by molar-refractivity contribution is 5.92. The van der Waals surface area contributed by atoms with Crippen molar-refractivity contribution in [3.8, 4) is 17.1 Å². The van der Waals surface area contributed by atoms with E-state index in [4.69, 9.17) is 10.5 Å². The first-order chi connectivity index (χ1) is 16.5. The number of imidazole rings is 1. The van der Waals surface area contributed by atoms with E-state index in [1.807, 2.05) is 22.8 Å². The minimum atomic E-state index is -0.574. The molecule has 10 heteroatoms. The van der Waals surface area contributed by atoms with Crippen LogP contribution in [0.2, 0.25) is 0 Å². The smallest absolute Gasteiger partial charge is 0.227 e. The number of nitrogens with zero attached hydrogens (tertiary/aromatic N) is 5. The van der Waals surface area contributed by atoms with Crippen LogP contribution >= 0.6 is 0 Å². The molecule has 3 N–H and O–H groups in total. The summed E-state index contributed by atoms with van der Waals surface area (Å²) in [6.07, 6.45) is 6.20. The van der Waals surface area contributed by atoms with Gasteiger partial charge in [0.1, 0.15) is 11.3 Å². The predicted octanol–water partition coefficient (Wildman–Crippen LogP) is 3.99. The molecule has 1 amide bonds. The molecule has 3 heterocycles. The van der Waals surface area contributed by atoms with Gasteiger partial charge in [0.05, 0.1) is 13.4 Å². The van der Waals surface area contributed by atoms with Crippen LogP contribution in [0.25, 0.3) is 22.6 Å². The number of methoxy groups -OCH3 is 1. The number of aromatic nitrogens is 5. The van der Waals surface area contributed by atoms with E-state index in [1.165, 1.54) is 12.3 Å². The first kappa shape index (κ1) is 21.7. The third-order valence-corrected chi connectivity index (χ3v) is 6.23. The van der Waals surface area contributed by atoms with Gasteiger partial charge in [0.2, 0.25) is 11.9 Å². The molecule has 0 unspecified atom stereocenters. The van der Waals surface area contributed by atoms with E-state index in [0.29, 0.717) is 28.3 Å². The molecule has 1 fully saturated rings. The van der Waals surface area contributed by atoms with Crippen molar-refractivity contribution in [2.75, 3.05) is 18.2 Å². The Bertz CT molecular complexity index is 1330. The average molecular weight is 462 g/mol. The van der Waals surface area contributed by atoms with Crippen LogP contribution in [0, 0.1) is 11.9 Å². The van der Waals surface area contributed by atoms with E-state index in [2.05, 4.69) is 25.3 Å². The van der Waals surface area contributed by atoms with Crippen molar-refractivity contribution in [2.45, 2.75) is 31.7 Å². The van der Waals surface area contributed by atoms with Gasteiger partial charge in [-0.15, -0.1) is 0 Å². The molecule has 1 saturated carbocycles. The molecule has 5 rings (SSSR count). The summed E-state index contributed by atoms with van der Waals surface area (Å²) in [4.78, 5) is 29.9. The van der Waals surface area contributed by atoms with Crippen LogP contribution in [0.3, 0.4) is 0 Å². The second kappa shape index (κ2) is 9.05. The molecule has 0 aliphatic heterocycles. The maximum Gasteiger partial charge on any atom is 0.227 e. The SMILES string of the molecule is COc1cccc(NC(=O)[C@H]2CC[C@@H](n3cnc4c(N)nc(-c5ccc(F)nc5)nc43)CC2)c1. The normalized spacial score (nSPS) is 18.1. The standard InChI is InChI=1S/C24H24FN7O2/c1-34-18-4-2-3-16(11-18)29-24(33)14-5-8-17(9-6-14)32-13-28-20-21(26)30-22(31-23(20)32)15-7-10-19(25)27-12-15/h2-4,7,10-14,17H,5-6,8-9H2,1H3,(H,29,33)(H2,26,30,31)/t14-,17+. The van der Waals surface area contributed by atoms with E-state index in [0.717, 1.165) is 31.4 Å². The summed E-state index contributed by atoms with van der Waals surface area (Å²) in [7, 11) is 1.60. The Hall–Kier alpha value is -4.08. The van der Waals surface area contributed by atoms with Crippen molar-refractivity contribution in [3.05, 3.63) is 54.9 Å². The van der Waals surface area contributed by atoms with Crippen LogP contribution in [0.15, 0.2) is 48.9 Å². The Balaban J connectivity index is 1.31. The summed E-state index contributed by atoms with van der Waals surface area (Å²) in [6, 6.07) is 10.3. The third-order valence-electron chi connectivity index (χ3n) is 6.23. The topological polar surface area (TPSA) is 121 Å². The number of amides is 1. The largest absolute Gasteiger partial charge is 0.497 e. The number of ether oxygens (including phenoxy) is 1. The number of nitrogens with two attached hydrogens (primary N) is 1. The second-order valence-electron chi connectivity index (χ2n) is 8.35. The summed E-state index contributed by atoms with van der Waals surface area (Å²) in [5.41, 5.74) is 8.58. The van der Waals surface area contributed by atoms with Crippen molar-refractivity contribution >= 4 is 28.6 Å². The molecule has 9 nitrogen and oxygen atoms in total. The van der Waals surface area contributed by atoms with Crippen LogP contribution < -0.4 is 15.8 Å². The summed E-state index contributed by atoms with van der Waals surface area (Å²) in [6.45, 7) is 0. The summed E-state index contributed by atoms with van der Waals surface area (Å²) >= 11 is 0. The van der Waals surface area contributed by atoms with E-state index in [-0.39, 0.29) is 23.7 Å². The van der Waals surface area contributed by atoms with Gasteiger partial charge in [-0.1, -0.05) is 6.07 Å². The van der Waals surface area contributed by atoms with Gasteiger partial charge >= 0.3 is 0 Å². The van der Waals surface area contributed by atoms with Gasteiger partial charge in [-0.2, -0.15) is 4.39 Å². The number of hydrogen-bond donors (Lipinski definition) is 2. The van der Waals surface area contributed by atoms with E-state index in [1.54, 1.807) is 25.6 Å². The van der Waals surface area contributed by atoms with Crippen molar-refractivity contribution in [1.82, 2.24) is 24.5 Å². The van der Waals surface area contributed by atoms with Gasteiger partial charge in [-0.05, 0) is 49.9 Å². The van der Waals surface area contributed by atoms with Crippen LogP contribution in [-0.4, -0.2) is 37.5 Å². The predicted molar refractivity (Wildman–Crippen MR) is 126 cm³/mol. The monoisotopic (exact) mass is 461 g/mol. The number of carbonyl (C=O) groups is 1. The number of rotatable bonds is 5. The number of fused-ring (bicyclic) bond motifs is 1. The molecule has 0 radical (unpaired) electrons. The van der Waals surface area contributed by atoms with Gasteiger partial charge in [-0.25, -0.2) is 19.9 Å². The highest BCUT2D eigenvalue weighted by Crippen LogP contribution is 2.35. The fraction of sp³-hybridized carbons (Fsp3) is 0.292. The lowest BCUT2D eigenvalue weighted by Gasteiger charge is -2.28. The molecule has 0 atom stereocenters. The molecule has 1 aliphatic carbocycles. The average Bonchev–Trinajstić information content (AvgIpc) is 3.29. The number of halogens is 1. The molecule has 174 valence electrons. The Kier molecular flexibility index (Phi) is 5.79. The van der Waals surface area contributed by atoms with Crippen molar-refractivity contribution < 1.29 is 13.9 Å². The van der Waals surface area contributed by atoms with Crippen LogP contribution in [-0.2, 0) is 4.79 Å². The minimum Gasteiger partial charge on any atom is -0.497 e. The first-order valence-corrected chi connectivity index (χ1v) is 11.1. The summed E-state index contributed by atoms with van der Waals surface area (Å²) in [5.74, 6) is 0.693. The van der Waals surface area contributed by atoms with E-state index < -0.39 is 5.95 Å². The molecule has 34 heavy (non-hydrogen) atoms. The Labute approximate surface area is 195 Å². The number of nitrogens with one attached hydrogen (secondary N) is 1. The molecule has 0 bridgehead atoms. The summed E-state index contributed by atoms with van der Waals surface area (Å²) in [5, 5.41) is 2.99. The van der Waals surface area contributed by atoms with Crippen LogP contribution in [0.1, 0.15) is 31.7 Å². The molecule has 4 aromatic rings. The third kappa shape index (κ3) is 4.26. The number of benzene rings is 1. The fourth-order valence-electron chi connectivity index (χ4n) is 4.40. The van der Waals surface area contributed by atoms with Crippen molar-refractivity contribution in [3.63, 3.8) is 0 Å².